The average molecular weight is 246 g/mol. The van der Waals surface area contributed by atoms with Crippen molar-refractivity contribution in [1.29, 1.82) is 0 Å². The van der Waals surface area contributed by atoms with Crippen LogP contribution in [-0.4, -0.2) is 24.5 Å². The Bertz CT molecular complexity index is 423. The lowest BCUT2D eigenvalue weighted by atomic mass is 9.67. The quantitative estimate of drug-likeness (QED) is 0.769. The van der Waals surface area contributed by atoms with Gasteiger partial charge in [0.15, 0.2) is 0 Å². The predicted molar refractivity (Wildman–Crippen MR) is 59.6 cm³/mol. The first-order chi connectivity index (χ1) is 7.19. The minimum Gasteiger partial charge on any atom is -0.299 e. The van der Waals surface area contributed by atoms with Crippen LogP contribution in [0.15, 0.2) is 0 Å². The Balaban J connectivity index is 2.26. The molecule has 1 N–H and O–H groups in total. The van der Waals surface area contributed by atoms with Gasteiger partial charge in [0.1, 0.15) is 5.78 Å². The van der Waals surface area contributed by atoms with Crippen molar-refractivity contribution in [3.8, 4) is 0 Å². The lowest BCUT2D eigenvalue weighted by Gasteiger charge is -2.36. The van der Waals surface area contributed by atoms with E-state index in [9.17, 15) is 13.2 Å². The lowest BCUT2D eigenvalue weighted by Crippen LogP contribution is -2.37. The number of carbonyl (C=O) groups is 1. The zero-order valence-corrected chi connectivity index (χ0v) is 10.5. The van der Waals surface area contributed by atoms with Gasteiger partial charge < -0.3 is 0 Å². The van der Waals surface area contributed by atoms with Crippen molar-refractivity contribution in [3.05, 3.63) is 0 Å². The molecule has 16 heavy (non-hydrogen) atoms. The second-order valence-corrected chi connectivity index (χ2v) is 7.27. The maximum atomic E-state index is 12.0. The third-order valence-corrected chi connectivity index (χ3v) is 5.65. The number of carbonyl (C=O) groups excluding carboxylic acids is 1. The summed E-state index contributed by atoms with van der Waals surface area (Å²) in [5.41, 5.74) is -0.623. The summed E-state index contributed by atoms with van der Waals surface area (Å²) in [6, 6.07) is 0. The summed E-state index contributed by atoms with van der Waals surface area (Å²) in [4.78, 5) is 12.0. The Morgan fingerprint density at radius 2 is 2.06 bits per heavy atom. The minimum atomic E-state index is -3.97. The normalized spacial score (nSPS) is 36.9. The topological polar surface area (TPSA) is 71.4 Å². The lowest BCUT2D eigenvalue weighted by molar-refractivity contribution is -0.129. The van der Waals surface area contributed by atoms with Crippen molar-refractivity contribution in [3.63, 3.8) is 0 Å². The summed E-state index contributed by atoms with van der Waals surface area (Å²) in [5, 5.41) is 0. The van der Waals surface area contributed by atoms with Gasteiger partial charge in [-0.15, -0.1) is 0 Å². The van der Waals surface area contributed by atoms with Crippen LogP contribution in [0.2, 0.25) is 0 Å². The van der Waals surface area contributed by atoms with Crippen LogP contribution in [0.3, 0.4) is 0 Å². The highest BCUT2D eigenvalue weighted by Gasteiger charge is 2.63. The molecule has 0 aliphatic heterocycles. The Hall–Kier alpha value is -0.420. The molecule has 2 aliphatic rings. The molecule has 1 unspecified atom stereocenters. The monoisotopic (exact) mass is 246 g/mol. The summed E-state index contributed by atoms with van der Waals surface area (Å²) >= 11 is 0. The second kappa shape index (κ2) is 3.29. The van der Waals surface area contributed by atoms with Gasteiger partial charge in [-0.3, -0.25) is 9.35 Å². The molecule has 0 aromatic heterocycles. The van der Waals surface area contributed by atoms with Crippen molar-refractivity contribution in [2.75, 3.05) is 5.75 Å². The van der Waals surface area contributed by atoms with Crippen molar-refractivity contribution in [2.24, 2.45) is 16.7 Å². The van der Waals surface area contributed by atoms with Crippen molar-refractivity contribution >= 4 is 15.9 Å². The Labute approximate surface area is 96.2 Å². The van der Waals surface area contributed by atoms with Gasteiger partial charge in [0, 0.05) is 11.8 Å². The zero-order chi connectivity index (χ0) is 12.2. The average Bonchev–Trinajstić information content (AvgIpc) is 2.46. The van der Waals surface area contributed by atoms with E-state index in [-0.39, 0.29) is 23.4 Å². The molecule has 2 saturated carbocycles. The van der Waals surface area contributed by atoms with Gasteiger partial charge in [-0.2, -0.15) is 8.42 Å². The molecule has 92 valence electrons. The first-order valence-corrected chi connectivity index (χ1v) is 7.28. The molecule has 0 saturated heterocycles. The van der Waals surface area contributed by atoms with Crippen LogP contribution < -0.4 is 0 Å². The fourth-order valence-corrected chi connectivity index (χ4v) is 4.27. The van der Waals surface area contributed by atoms with Crippen LogP contribution in [0.25, 0.3) is 0 Å². The fourth-order valence-electron chi connectivity index (χ4n) is 3.66. The van der Waals surface area contributed by atoms with Gasteiger partial charge in [0.2, 0.25) is 0 Å². The summed E-state index contributed by atoms with van der Waals surface area (Å²) in [5.74, 6) is 0.285. The summed E-state index contributed by atoms with van der Waals surface area (Å²) in [7, 11) is -3.97. The smallest absolute Gasteiger partial charge is 0.264 e. The van der Waals surface area contributed by atoms with E-state index in [1.807, 2.05) is 0 Å². The Kier molecular flexibility index (Phi) is 2.48. The molecule has 2 bridgehead atoms. The number of hydrogen-bond acceptors (Lipinski definition) is 3. The van der Waals surface area contributed by atoms with Gasteiger partial charge in [-0.25, -0.2) is 0 Å². The molecule has 2 atom stereocenters. The second-order valence-electron chi connectivity index (χ2n) is 5.70. The molecule has 0 aromatic rings. The van der Waals surface area contributed by atoms with Gasteiger partial charge in [-0.1, -0.05) is 13.8 Å². The summed E-state index contributed by atoms with van der Waals surface area (Å²) < 4.78 is 30.5. The molecule has 2 aliphatic carbocycles. The van der Waals surface area contributed by atoms with Crippen molar-refractivity contribution in [1.82, 2.24) is 0 Å². The number of rotatable bonds is 3. The van der Waals surface area contributed by atoms with Crippen LogP contribution in [0.5, 0.6) is 0 Å². The summed E-state index contributed by atoms with van der Waals surface area (Å²) in [6.07, 6.45) is 2.63. The molecule has 0 aromatic carbocycles. The standard InChI is InChI=1S/C11H18O4S/c1-10(2)8-3-4-11(10,9(12)7-8)5-6-16(13,14)15/h8H,3-7H2,1-2H3,(H,13,14,15)/t8?,11-/m1/s1. The molecule has 0 amide bonds. The van der Waals surface area contributed by atoms with E-state index in [0.717, 1.165) is 12.8 Å². The van der Waals surface area contributed by atoms with Gasteiger partial charge >= 0.3 is 0 Å². The molecule has 4 nitrogen and oxygen atoms in total. The SMILES string of the molecule is CC1(C)C2CC[C@@]1(CCS(=O)(=O)O)C(=O)C2. The van der Waals surface area contributed by atoms with E-state index >= 15 is 0 Å². The first-order valence-electron chi connectivity index (χ1n) is 5.67. The summed E-state index contributed by atoms with van der Waals surface area (Å²) in [6.45, 7) is 4.11. The van der Waals surface area contributed by atoms with E-state index in [2.05, 4.69) is 13.8 Å². The molecular weight excluding hydrogens is 228 g/mol. The van der Waals surface area contributed by atoms with E-state index < -0.39 is 15.5 Å². The van der Waals surface area contributed by atoms with Crippen LogP contribution in [0.1, 0.15) is 39.5 Å². The number of Topliss-reactive ketones (excluding diaryl/α,β-unsaturated/α-hetero) is 1. The number of ketones is 1. The van der Waals surface area contributed by atoms with Crippen LogP contribution >= 0.6 is 0 Å². The molecule has 0 spiro atoms. The molecule has 0 radical (unpaired) electrons. The van der Waals surface area contributed by atoms with Crippen molar-refractivity contribution < 1.29 is 17.8 Å². The highest BCUT2D eigenvalue weighted by molar-refractivity contribution is 7.85. The minimum absolute atomic E-state index is 0.116. The zero-order valence-electron chi connectivity index (χ0n) is 9.69. The third kappa shape index (κ3) is 1.52. The number of hydrogen-bond donors (Lipinski definition) is 1. The molecule has 0 heterocycles. The largest absolute Gasteiger partial charge is 0.299 e. The first kappa shape index (κ1) is 12.0. The van der Waals surface area contributed by atoms with Crippen molar-refractivity contribution in [2.45, 2.75) is 39.5 Å². The van der Waals surface area contributed by atoms with Gasteiger partial charge in [0.05, 0.1) is 5.75 Å². The van der Waals surface area contributed by atoms with E-state index in [1.54, 1.807) is 0 Å². The number of fused-ring (bicyclic) bond motifs is 2. The highest BCUT2D eigenvalue weighted by Crippen LogP contribution is 2.65. The Morgan fingerprint density at radius 1 is 1.44 bits per heavy atom. The van der Waals surface area contributed by atoms with E-state index in [1.165, 1.54) is 0 Å². The molecule has 5 heteroatoms. The van der Waals surface area contributed by atoms with Crippen LogP contribution in [0, 0.1) is 16.7 Å². The van der Waals surface area contributed by atoms with E-state index in [0.29, 0.717) is 12.3 Å². The fraction of sp³-hybridized carbons (Fsp3) is 0.909. The van der Waals surface area contributed by atoms with Crippen LogP contribution in [0.4, 0.5) is 0 Å². The van der Waals surface area contributed by atoms with E-state index in [4.69, 9.17) is 4.55 Å². The molecule has 2 rings (SSSR count). The van der Waals surface area contributed by atoms with Gasteiger partial charge in [-0.05, 0) is 30.6 Å². The van der Waals surface area contributed by atoms with Crippen LogP contribution in [-0.2, 0) is 14.9 Å². The molecular formula is C11H18O4S. The molecule has 2 fully saturated rings. The predicted octanol–water partition coefficient (Wildman–Crippen LogP) is 1.66. The Morgan fingerprint density at radius 3 is 2.44 bits per heavy atom. The maximum absolute atomic E-state index is 12.0. The van der Waals surface area contributed by atoms with Gasteiger partial charge in [0.25, 0.3) is 10.1 Å². The third-order valence-electron chi connectivity index (χ3n) is 4.93. The maximum Gasteiger partial charge on any atom is 0.264 e. The highest BCUT2D eigenvalue weighted by atomic mass is 32.2.